The SMILES string of the molecule is CC(=O)Nc1cccc(C(=O)NC2Cc3ccccc3C2)c1. The van der Waals surface area contributed by atoms with Gasteiger partial charge in [-0.3, -0.25) is 9.59 Å². The van der Waals surface area contributed by atoms with Crippen LogP contribution in [0.3, 0.4) is 0 Å². The summed E-state index contributed by atoms with van der Waals surface area (Å²) in [5.41, 5.74) is 3.80. The van der Waals surface area contributed by atoms with Crippen molar-refractivity contribution < 1.29 is 9.59 Å². The second kappa shape index (κ2) is 6.02. The molecule has 2 aromatic rings. The van der Waals surface area contributed by atoms with E-state index in [0.29, 0.717) is 11.3 Å². The third-order valence-corrected chi connectivity index (χ3v) is 3.83. The molecular formula is C18H18N2O2. The van der Waals surface area contributed by atoms with Gasteiger partial charge in [0.2, 0.25) is 5.91 Å². The van der Waals surface area contributed by atoms with Crippen LogP contribution < -0.4 is 10.6 Å². The molecule has 0 unspecified atom stereocenters. The zero-order valence-corrected chi connectivity index (χ0v) is 12.4. The lowest BCUT2D eigenvalue weighted by Gasteiger charge is -2.12. The Kier molecular flexibility index (Phi) is 3.92. The molecule has 22 heavy (non-hydrogen) atoms. The van der Waals surface area contributed by atoms with E-state index in [0.717, 1.165) is 12.8 Å². The molecule has 1 aliphatic carbocycles. The van der Waals surface area contributed by atoms with Crippen LogP contribution in [0, 0.1) is 0 Å². The Morgan fingerprint density at radius 2 is 1.68 bits per heavy atom. The van der Waals surface area contributed by atoms with Crippen LogP contribution in [-0.2, 0) is 17.6 Å². The molecule has 2 aromatic carbocycles. The van der Waals surface area contributed by atoms with Crippen molar-refractivity contribution in [1.29, 1.82) is 0 Å². The zero-order chi connectivity index (χ0) is 15.5. The largest absolute Gasteiger partial charge is 0.349 e. The lowest BCUT2D eigenvalue weighted by atomic mass is 10.1. The minimum Gasteiger partial charge on any atom is -0.349 e. The molecule has 0 radical (unpaired) electrons. The lowest BCUT2D eigenvalue weighted by molar-refractivity contribution is -0.114. The van der Waals surface area contributed by atoms with E-state index in [9.17, 15) is 9.59 Å². The molecule has 0 bridgehead atoms. The Labute approximate surface area is 129 Å². The van der Waals surface area contributed by atoms with Gasteiger partial charge in [-0.05, 0) is 42.2 Å². The second-order valence-corrected chi connectivity index (χ2v) is 5.61. The number of anilines is 1. The smallest absolute Gasteiger partial charge is 0.251 e. The van der Waals surface area contributed by atoms with Gasteiger partial charge in [-0.15, -0.1) is 0 Å². The monoisotopic (exact) mass is 294 g/mol. The number of rotatable bonds is 3. The summed E-state index contributed by atoms with van der Waals surface area (Å²) >= 11 is 0. The number of fused-ring (bicyclic) bond motifs is 1. The Bertz CT molecular complexity index is 700. The first-order valence-electron chi connectivity index (χ1n) is 7.37. The van der Waals surface area contributed by atoms with Crippen LogP contribution in [0.25, 0.3) is 0 Å². The van der Waals surface area contributed by atoms with E-state index in [2.05, 4.69) is 22.8 Å². The summed E-state index contributed by atoms with van der Waals surface area (Å²) in [4.78, 5) is 23.5. The highest BCUT2D eigenvalue weighted by molar-refractivity contribution is 5.97. The van der Waals surface area contributed by atoms with Crippen molar-refractivity contribution in [2.45, 2.75) is 25.8 Å². The number of hydrogen-bond acceptors (Lipinski definition) is 2. The first-order chi connectivity index (χ1) is 10.6. The van der Waals surface area contributed by atoms with Crippen LogP contribution in [0.2, 0.25) is 0 Å². The fourth-order valence-corrected chi connectivity index (χ4v) is 2.87. The Morgan fingerprint density at radius 1 is 1.00 bits per heavy atom. The number of amides is 2. The molecule has 0 spiro atoms. The molecule has 0 fully saturated rings. The zero-order valence-electron chi connectivity index (χ0n) is 12.4. The molecule has 0 aromatic heterocycles. The predicted molar refractivity (Wildman–Crippen MR) is 85.8 cm³/mol. The number of carbonyl (C=O) groups excluding carboxylic acids is 2. The number of benzene rings is 2. The fourth-order valence-electron chi connectivity index (χ4n) is 2.87. The Balaban J connectivity index is 1.67. The minimum absolute atomic E-state index is 0.106. The van der Waals surface area contributed by atoms with E-state index >= 15 is 0 Å². The fraction of sp³-hybridized carbons (Fsp3) is 0.222. The summed E-state index contributed by atoms with van der Waals surface area (Å²) in [6, 6.07) is 15.4. The van der Waals surface area contributed by atoms with Crippen molar-refractivity contribution in [3.63, 3.8) is 0 Å². The third-order valence-electron chi connectivity index (χ3n) is 3.83. The van der Waals surface area contributed by atoms with Crippen molar-refractivity contribution in [2.24, 2.45) is 0 Å². The summed E-state index contributed by atoms with van der Waals surface area (Å²) in [6.45, 7) is 1.45. The topological polar surface area (TPSA) is 58.2 Å². The minimum atomic E-state index is -0.149. The highest BCUT2D eigenvalue weighted by Crippen LogP contribution is 2.22. The molecule has 1 aliphatic rings. The van der Waals surface area contributed by atoms with E-state index in [1.807, 2.05) is 12.1 Å². The molecule has 4 nitrogen and oxygen atoms in total. The average molecular weight is 294 g/mol. The van der Waals surface area contributed by atoms with E-state index in [1.165, 1.54) is 18.1 Å². The molecular weight excluding hydrogens is 276 g/mol. The van der Waals surface area contributed by atoms with Gasteiger partial charge in [0.05, 0.1) is 0 Å². The van der Waals surface area contributed by atoms with Gasteiger partial charge in [-0.1, -0.05) is 30.3 Å². The molecule has 0 saturated heterocycles. The maximum absolute atomic E-state index is 12.4. The van der Waals surface area contributed by atoms with Gasteiger partial charge in [0.15, 0.2) is 0 Å². The third kappa shape index (κ3) is 3.17. The molecule has 0 atom stereocenters. The number of nitrogens with one attached hydrogen (secondary N) is 2. The van der Waals surface area contributed by atoms with E-state index in [4.69, 9.17) is 0 Å². The van der Waals surface area contributed by atoms with Crippen LogP contribution >= 0.6 is 0 Å². The van der Waals surface area contributed by atoms with E-state index < -0.39 is 0 Å². The van der Waals surface area contributed by atoms with E-state index in [-0.39, 0.29) is 17.9 Å². The van der Waals surface area contributed by atoms with E-state index in [1.54, 1.807) is 24.3 Å². The van der Waals surface area contributed by atoms with Gasteiger partial charge in [-0.25, -0.2) is 0 Å². The normalized spacial score (nSPS) is 13.5. The maximum atomic E-state index is 12.4. The van der Waals surface area contributed by atoms with Gasteiger partial charge in [0, 0.05) is 24.2 Å². The van der Waals surface area contributed by atoms with Crippen molar-refractivity contribution in [1.82, 2.24) is 5.32 Å². The van der Waals surface area contributed by atoms with Gasteiger partial charge >= 0.3 is 0 Å². The highest BCUT2D eigenvalue weighted by atomic mass is 16.2. The first kappa shape index (κ1) is 14.3. The second-order valence-electron chi connectivity index (χ2n) is 5.61. The van der Waals surface area contributed by atoms with Gasteiger partial charge in [0.25, 0.3) is 5.91 Å². The van der Waals surface area contributed by atoms with Crippen molar-refractivity contribution in [3.8, 4) is 0 Å². The maximum Gasteiger partial charge on any atom is 0.251 e. The van der Waals surface area contributed by atoms with Crippen molar-refractivity contribution >= 4 is 17.5 Å². The summed E-state index contributed by atoms with van der Waals surface area (Å²) in [5.74, 6) is -0.256. The standard InChI is InChI=1S/C18H18N2O2/c1-12(21)19-16-8-4-7-15(11-16)18(22)20-17-9-13-5-2-3-6-14(13)10-17/h2-8,11,17H,9-10H2,1H3,(H,19,21)(H,20,22). The van der Waals surface area contributed by atoms with Gasteiger partial charge < -0.3 is 10.6 Å². The first-order valence-corrected chi connectivity index (χ1v) is 7.37. The van der Waals surface area contributed by atoms with Crippen LogP contribution in [0.1, 0.15) is 28.4 Å². The van der Waals surface area contributed by atoms with Crippen LogP contribution in [-0.4, -0.2) is 17.9 Å². The summed E-state index contributed by atoms with van der Waals surface area (Å²) < 4.78 is 0. The summed E-state index contributed by atoms with van der Waals surface area (Å²) in [5, 5.41) is 5.76. The molecule has 0 saturated carbocycles. The van der Waals surface area contributed by atoms with Crippen LogP contribution in [0.5, 0.6) is 0 Å². The summed E-state index contributed by atoms with van der Waals surface area (Å²) in [7, 11) is 0. The van der Waals surface area contributed by atoms with Crippen molar-refractivity contribution in [2.75, 3.05) is 5.32 Å². The molecule has 0 heterocycles. The number of hydrogen-bond donors (Lipinski definition) is 2. The Morgan fingerprint density at radius 3 is 2.32 bits per heavy atom. The van der Waals surface area contributed by atoms with Gasteiger partial charge in [0.1, 0.15) is 0 Å². The molecule has 4 heteroatoms. The molecule has 0 aliphatic heterocycles. The predicted octanol–water partition coefficient (Wildman–Crippen LogP) is 2.54. The molecule has 112 valence electrons. The Hall–Kier alpha value is -2.62. The van der Waals surface area contributed by atoms with Gasteiger partial charge in [-0.2, -0.15) is 0 Å². The quantitative estimate of drug-likeness (QED) is 0.914. The summed E-state index contributed by atoms with van der Waals surface area (Å²) in [6.07, 6.45) is 1.74. The highest BCUT2D eigenvalue weighted by Gasteiger charge is 2.22. The molecule has 2 amide bonds. The average Bonchev–Trinajstić information content (AvgIpc) is 2.89. The lowest BCUT2D eigenvalue weighted by Crippen LogP contribution is -2.35. The van der Waals surface area contributed by atoms with Crippen LogP contribution in [0.4, 0.5) is 5.69 Å². The number of carbonyl (C=O) groups is 2. The molecule has 3 rings (SSSR count). The van der Waals surface area contributed by atoms with Crippen molar-refractivity contribution in [3.05, 3.63) is 65.2 Å². The molecule has 2 N–H and O–H groups in total. The van der Waals surface area contributed by atoms with Crippen LogP contribution in [0.15, 0.2) is 48.5 Å².